The fraction of sp³-hybridized carbons (Fsp3) is 0.110. The lowest BCUT2D eigenvalue weighted by atomic mass is 9.73. The number of benzene rings is 10. The lowest BCUT2D eigenvalue weighted by molar-refractivity contribution is 0.571. The first-order chi connectivity index (χ1) is 36.5. The van der Waals surface area contributed by atoms with Gasteiger partial charge >= 0.3 is 0 Å². The summed E-state index contributed by atoms with van der Waals surface area (Å²) in [4.78, 5) is 5.05. The van der Waals surface area contributed by atoms with Crippen molar-refractivity contribution < 1.29 is 4.42 Å². The van der Waals surface area contributed by atoms with E-state index in [0.29, 0.717) is 0 Å². The van der Waals surface area contributed by atoms with E-state index in [9.17, 15) is 0 Å². The van der Waals surface area contributed by atoms with Crippen molar-refractivity contribution in [3.05, 3.63) is 236 Å². The Morgan fingerprint density at radius 2 is 0.653 bits per heavy atom. The molecule has 2 aliphatic carbocycles. The van der Waals surface area contributed by atoms with Gasteiger partial charge in [-0.15, -0.1) is 0 Å². The predicted molar refractivity (Wildman–Crippen MR) is 316 cm³/mol. The van der Waals surface area contributed by atoms with Crippen LogP contribution in [0.15, 0.2) is 229 Å². The molecule has 75 heavy (non-hydrogen) atoms. The third kappa shape index (κ3) is 7.19. The van der Waals surface area contributed by atoms with E-state index < -0.39 is 0 Å². The molecule has 2 heteroatoms. The molecule has 0 atom stereocenters. The minimum atomic E-state index is -0.157. The van der Waals surface area contributed by atoms with Crippen LogP contribution >= 0.6 is 0 Å². The van der Waals surface area contributed by atoms with Crippen molar-refractivity contribution >= 4 is 21.9 Å². The number of fused-ring (bicyclic) bond motifs is 19. The average Bonchev–Trinajstić information content (AvgIpc) is 3.86. The molecule has 10 aromatic carbocycles. The summed E-state index contributed by atoms with van der Waals surface area (Å²) >= 11 is 0. The van der Waals surface area contributed by atoms with Crippen LogP contribution in [0.4, 0.5) is 0 Å². The lowest BCUT2D eigenvalue weighted by Gasteiger charge is -2.31. The van der Waals surface area contributed by atoms with E-state index in [1.165, 1.54) is 106 Å². The molecule has 0 N–H and O–H groups in total. The fourth-order valence-electron chi connectivity index (χ4n) is 12.4. The fourth-order valence-corrected chi connectivity index (χ4v) is 12.4. The van der Waals surface area contributed by atoms with Gasteiger partial charge in [-0.3, -0.25) is 4.98 Å². The molecule has 0 bridgehead atoms. The van der Waals surface area contributed by atoms with Crippen LogP contribution in [0.25, 0.3) is 144 Å². The van der Waals surface area contributed by atoms with E-state index in [1.54, 1.807) is 0 Å². The number of hydrogen-bond donors (Lipinski definition) is 0. The second kappa shape index (κ2) is 16.8. The minimum Gasteiger partial charge on any atom is -0.455 e. The molecule has 0 unspecified atom stereocenters. The molecule has 0 saturated carbocycles. The highest BCUT2D eigenvalue weighted by Crippen LogP contribution is 2.53. The summed E-state index contributed by atoms with van der Waals surface area (Å²) in [7, 11) is 0. The molecule has 0 saturated heterocycles. The Labute approximate surface area is 439 Å². The van der Waals surface area contributed by atoms with Crippen LogP contribution in [0.2, 0.25) is 0 Å². The number of furan rings is 1. The number of hydrogen-bond acceptors (Lipinski definition) is 2. The zero-order valence-electron chi connectivity index (χ0n) is 43.2. The van der Waals surface area contributed by atoms with Crippen molar-refractivity contribution in [1.82, 2.24) is 4.98 Å². The maximum atomic E-state index is 6.62. The largest absolute Gasteiger partial charge is 0.455 e. The van der Waals surface area contributed by atoms with Crippen molar-refractivity contribution in [2.45, 2.75) is 52.4 Å². The van der Waals surface area contributed by atoms with Gasteiger partial charge < -0.3 is 4.42 Å². The summed E-state index contributed by atoms with van der Waals surface area (Å²) in [6, 6.07) is 81.3. The second-order valence-electron chi connectivity index (χ2n) is 22.6. The van der Waals surface area contributed by atoms with Crippen molar-refractivity contribution in [3.63, 3.8) is 0 Å². The van der Waals surface area contributed by atoms with Crippen LogP contribution in [0.1, 0.15) is 52.7 Å². The van der Waals surface area contributed by atoms with Gasteiger partial charge in [0.25, 0.3) is 0 Å². The van der Waals surface area contributed by atoms with Crippen LogP contribution < -0.4 is 0 Å². The van der Waals surface area contributed by atoms with Crippen molar-refractivity contribution in [2.75, 3.05) is 0 Å². The van der Waals surface area contributed by atoms with Gasteiger partial charge in [-0.05, 0) is 158 Å². The molecular formula is C73H55NO. The Kier molecular flexibility index (Phi) is 10.1. The molecule has 0 fully saturated rings. The zero-order chi connectivity index (χ0) is 50.7. The number of pyridine rings is 1. The van der Waals surface area contributed by atoms with Crippen LogP contribution in [-0.4, -0.2) is 4.98 Å². The minimum absolute atomic E-state index is 0.150. The Bertz CT molecular complexity index is 4310. The monoisotopic (exact) mass is 961 g/mol. The van der Waals surface area contributed by atoms with Crippen molar-refractivity contribution in [2.24, 2.45) is 0 Å². The van der Waals surface area contributed by atoms with Gasteiger partial charge in [-0.25, -0.2) is 0 Å². The Hall–Kier alpha value is -8.85. The molecule has 2 aromatic heterocycles. The topological polar surface area (TPSA) is 26.0 Å². The van der Waals surface area contributed by atoms with Crippen LogP contribution in [0.3, 0.4) is 0 Å². The van der Waals surface area contributed by atoms with E-state index in [4.69, 9.17) is 9.40 Å². The van der Waals surface area contributed by atoms with Gasteiger partial charge in [0.05, 0.1) is 5.69 Å². The van der Waals surface area contributed by atoms with Crippen molar-refractivity contribution in [3.8, 4) is 123 Å². The third-order valence-electron chi connectivity index (χ3n) is 16.0. The van der Waals surface area contributed by atoms with E-state index in [2.05, 4.69) is 254 Å². The average molecular weight is 962 g/mol. The maximum Gasteiger partial charge on any atom is 0.143 e. The highest BCUT2D eigenvalue weighted by atomic mass is 16.3. The van der Waals surface area contributed by atoms with Gasteiger partial charge in [0, 0.05) is 33.7 Å². The van der Waals surface area contributed by atoms with E-state index in [-0.39, 0.29) is 10.8 Å². The van der Waals surface area contributed by atoms with Crippen LogP contribution in [0.5, 0.6) is 0 Å². The Balaban J connectivity index is 0.989. The number of aromatic nitrogens is 1. The first kappa shape index (κ1) is 44.8. The van der Waals surface area contributed by atoms with Gasteiger partial charge in [0.15, 0.2) is 0 Å². The highest BCUT2D eigenvalue weighted by molar-refractivity contribution is 6.11. The maximum absolute atomic E-state index is 6.62. The van der Waals surface area contributed by atoms with E-state index in [0.717, 1.165) is 49.9 Å². The van der Waals surface area contributed by atoms with Gasteiger partial charge in [0.2, 0.25) is 0 Å². The number of rotatable bonds is 3. The molecule has 2 aliphatic rings. The van der Waals surface area contributed by atoms with Crippen molar-refractivity contribution in [1.29, 1.82) is 0 Å². The Morgan fingerprint density at radius 3 is 1.16 bits per heavy atom. The molecule has 0 spiro atoms. The summed E-state index contributed by atoms with van der Waals surface area (Å²) < 4.78 is 6.62. The van der Waals surface area contributed by atoms with Crippen LogP contribution in [-0.2, 0) is 10.8 Å². The molecule has 0 amide bonds. The third-order valence-corrected chi connectivity index (χ3v) is 16.0. The quantitative estimate of drug-likeness (QED) is 0.176. The molecule has 0 aliphatic heterocycles. The van der Waals surface area contributed by atoms with Gasteiger partial charge in [-0.1, -0.05) is 224 Å². The molecule has 2 nitrogen and oxygen atoms in total. The first-order valence-corrected chi connectivity index (χ1v) is 26.3. The molecule has 14 rings (SSSR count). The number of nitrogens with zero attached hydrogens (tertiary/aromatic N) is 1. The molecule has 12 aromatic rings. The van der Waals surface area contributed by atoms with E-state index in [1.807, 2.05) is 12.3 Å². The zero-order valence-corrected chi connectivity index (χ0v) is 43.2. The van der Waals surface area contributed by atoms with Gasteiger partial charge in [0.1, 0.15) is 11.2 Å². The smallest absolute Gasteiger partial charge is 0.143 e. The normalized spacial score (nSPS) is 12.4. The summed E-state index contributed by atoms with van der Waals surface area (Å²) in [6.07, 6.45) is 1.92. The summed E-state index contributed by atoms with van der Waals surface area (Å²) in [5, 5.41) is 2.27. The lowest BCUT2D eigenvalue weighted by Crippen LogP contribution is -2.18. The van der Waals surface area contributed by atoms with Gasteiger partial charge in [-0.2, -0.15) is 0 Å². The van der Waals surface area contributed by atoms with E-state index >= 15 is 0 Å². The predicted octanol–water partition coefficient (Wildman–Crippen LogP) is 20.5. The molecule has 358 valence electrons. The summed E-state index contributed by atoms with van der Waals surface area (Å²) in [5.41, 5.74) is 30.4. The first-order valence-electron chi connectivity index (χ1n) is 26.3. The van der Waals surface area contributed by atoms with Crippen LogP contribution in [0, 0.1) is 0 Å². The molecule has 2 heterocycles. The molecule has 0 radical (unpaired) electrons. The SMILES string of the molecule is CC(C)(C)c1cc(C(C)(C)C)c(-c2ccc3c(c2)-c2ccccc2-c2ccccc2-c2ncccc2-3)cc1-c1ccc2c(c1)-c1ccccc1-c1ccccc1-c1cc(-c3cccc4c3oc3ccccc34)ccc1-2. The highest BCUT2D eigenvalue weighted by Gasteiger charge is 2.30. The summed E-state index contributed by atoms with van der Waals surface area (Å²) in [6.45, 7) is 14.2. The molecular weight excluding hydrogens is 907 g/mol. The standard InChI is InChI=1S/C73H55NO/c1-72(2,3)67-43-68(73(4,5)6)63(46-34-37-57-60-30-18-38-74-70(60)59-27-14-13-22-51(59)50-21-9-12-25-54(50)66(57)41-46)42-62(67)45-33-36-56-55-35-32-44(47-28-17-29-61-58-26-15-16-31-69(58)75-71(47)61)39-64(55)52-23-10-7-19-48(52)49-20-8-11-24-53(49)65(56)40-45/h7-43H,1-6H3. The summed E-state index contributed by atoms with van der Waals surface area (Å²) in [5.74, 6) is 0. The second-order valence-corrected chi connectivity index (χ2v) is 22.6. The number of para-hydroxylation sites is 2. The Morgan fingerprint density at radius 1 is 0.280 bits per heavy atom.